The standard InChI is InChI=1S/C13H15N3S/c1-2-12-13(15-6-5-14-12)9-11(1)16-10-3-7-17-8-4-10/h1-2,5-6,9-10,16H,3-4,7-8H2. The van der Waals surface area contributed by atoms with Crippen molar-refractivity contribution < 1.29 is 0 Å². The normalized spacial score (nSPS) is 17.2. The van der Waals surface area contributed by atoms with Gasteiger partial charge in [0, 0.05) is 24.1 Å². The van der Waals surface area contributed by atoms with Crippen molar-refractivity contribution >= 4 is 28.5 Å². The van der Waals surface area contributed by atoms with Gasteiger partial charge in [-0.25, -0.2) is 0 Å². The first kappa shape index (κ1) is 10.8. The fourth-order valence-corrected chi connectivity index (χ4v) is 3.24. The summed E-state index contributed by atoms with van der Waals surface area (Å²) in [6, 6.07) is 6.83. The highest BCUT2D eigenvalue weighted by atomic mass is 32.2. The van der Waals surface area contributed by atoms with Gasteiger partial charge in [-0.15, -0.1) is 0 Å². The summed E-state index contributed by atoms with van der Waals surface area (Å²) >= 11 is 2.05. The zero-order valence-electron chi connectivity index (χ0n) is 9.60. The molecular formula is C13H15N3S. The maximum Gasteiger partial charge on any atom is 0.0907 e. The Hall–Kier alpha value is -1.29. The van der Waals surface area contributed by atoms with Crippen LogP contribution >= 0.6 is 11.8 Å². The number of nitrogens with one attached hydrogen (secondary N) is 1. The first-order valence-electron chi connectivity index (χ1n) is 5.97. The fourth-order valence-electron chi connectivity index (χ4n) is 2.13. The number of aromatic nitrogens is 2. The summed E-state index contributed by atoms with van der Waals surface area (Å²) in [5.74, 6) is 2.54. The van der Waals surface area contributed by atoms with Crippen molar-refractivity contribution in [1.82, 2.24) is 9.97 Å². The van der Waals surface area contributed by atoms with Gasteiger partial charge in [-0.3, -0.25) is 9.97 Å². The first-order chi connectivity index (χ1) is 8.42. The number of anilines is 1. The Kier molecular flexibility index (Phi) is 3.14. The van der Waals surface area contributed by atoms with Crippen molar-refractivity contribution in [3.63, 3.8) is 0 Å². The number of nitrogens with zero attached hydrogens (tertiary/aromatic N) is 2. The van der Waals surface area contributed by atoms with E-state index in [1.165, 1.54) is 24.3 Å². The van der Waals surface area contributed by atoms with Crippen LogP contribution in [0.25, 0.3) is 11.0 Å². The molecule has 1 saturated heterocycles. The number of hydrogen-bond acceptors (Lipinski definition) is 4. The van der Waals surface area contributed by atoms with Crippen LogP contribution in [0.1, 0.15) is 12.8 Å². The minimum atomic E-state index is 0.616. The second-order valence-electron chi connectivity index (χ2n) is 4.29. The van der Waals surface area contributed by atoms with E-state index in [0.717, 1.165) is 16.7 Å². The lowest BCUT2D eigenvalue weighted by Crippen LogP contribution is -2.24. The predicted molar refractivity (Wildman–Crippen MR) is 73.5 cm³/mol. The smallest absolute Gasteiger partial charge is 0.0907 e. The maximum absolute atomic E-state index is 4.33. The molecule has 1 N–H and O–H groups in total. The molecule has 0 spiro atoms. The molecule has 0 atom stereocenters. The Morgan fingerprint density at radius 2 is 1.82 bits per heavy atom. The summed E-state index contributed by atoms with van der Waals surface area (Å²) < 4.78 is 0. The van der Waals surface area contributed by atoms with Crippen LogP contribution in [0.4, 0.5) is 5.69 Å². The molecule has 3 nitrogen and oxygen atoms in total. The molecule has 2 heterocycles. The van der Waals surface area contributed by atoms with E-state index >= 15 is 0 Å². The Morgan fingerprint density at radius 1 is 1.06 bits per heavy atom. The molecule has 1 fully saturated rings. The van der Waals surface area contributed by atoms with E-state index in [1.807, 2.05) is 17.8 Å². The van der Waals surface area contributed by atoms with E-state index in [1.54, 1.807) is 12.4 Å². The second-order valence-corrected chi connectivity index (χ2v) is 5.52. The Morgan fingerprint density at radius 3 is 2.65 bits per heavy atom. The van der Waals surface area contributed by atoms with Crippen molar-refractivity contribution in [3.05, 3.63) is 30.6 Å². The number of thioether (sulfide) groups is 1. The summed E-state index contributed by atoms with van der Waals surface area (Å²) in [5.41, 5.74) is 3.08. The minimum Gasteiger partial charge on any atom is -0.382 e. The van der Waals surface area contributed by atoms with E-state index in [9.17, 15) is 0 Å². The summed E-state index contributed by atoms with van der Waals surface area (Å²) in [7, 11) is 0. The quantitative estimate of drug-likeness (QED) is 0.882. The van der Waals surface area contributed by atoms with Crippen LogP contribution in [0.2, 0.25) is 0 Å². The molecule has 3 rings (SSSR count). The first-order valence-corrected chi connectivity index (χ1v) is 7.12. The Bertz CT molecular complexity index is 509. The number of fused-ring (bicyclic) bond motifs is 1. The predicted octanol–water partition coefficient (Wildman–Crippen LogP) is 2.94. The third kappa shape index (κ3) is 2.52. The van der Waals surface area contributed by atoms with E-state index in [-0.39, 0.29) is 0 Å². The summed E-state index contributed by atoms with van der Waals surface area (Å²) in [6.45, 7) is 0. The molecule has 4 heteroatoms. The lowest BCUT2D eigenvalue weighted by Gasteiger charge is -2.23. The highest BCUT2D eigenvalue weighted by molar-refractivity contribution is 7.99. The van der Waals surface area contributed by atoms with Crippen molar-refractivity contribution in [2.24, 2.45) is 0 Å². The topological polar surface area (TPSA) is 37.8 Å². The van der Waals surface area contributed by atoms with Gasteiger partial charge in [0.15, 0.2) is 0 Å². The molecule has 1 aliphatic heterocycles. The Balaban J connectivity index is 1.80. The Labute approximate surface area is 105 Å². The SMILES string of the molecule is c1cnc2cc(NC3CCSCC3)ccc2n1. The van der Waals surface area contributed by atoms with Crippen molar-refractivity contribution in [2.45, 2.75) is 18.9 Å². The van der Waals surface area contributed by atoms with Crippen LogP contribution < -0.4 is 5.32 Å². The molecule has 1 aromatic carbocycles. The van der Waals surface area contributed by atoms with Crippen LogP contribution in [-0.4, -0.2) is 27.5 Å². The van der Waals surface area contributed by atoms with Gasteiger partial charge in [0.25, 0.3) is 0 Å². The highest BCUT2D eigenvalue weighted by Crippen LogP contribution is 2.22. The zero-order valence-corrected chi connectivity index (χ0v) is 10.4. The maximum atomic E-state index is 4.33. The molecule has 1 aromatic heterocycles. The lowest BCUT2D eigenvalue weighted by atomic mass is 10.1. The van der Waals surface area contributed by atoms with Gasteiger partial charge < -0.3 is 5.32 Å². The van der Waals surface area contributed by atoms with Crippen LogP contribution in [0.5, 0.6) is 0 Å². The molecule has 1 aliphatic rings. The van der Waals surface area contributed by atoms with Crippen molar-refractivity contribution in [2.75, 3.05) is 16.8 Å². The molecule has 0 bridgehead atoms. The van der Waals surface area contributed by atoms with E-state index in [0.29, 0.717) is 6.04 Å². The largest absolute Gasteiger partial charge is 0.382 e. The van der Waals surface area contributed by atoms with Crippen LogP contribution in [0.15, 0.2) is 30.6 Å². The fraction of sp³-hybridized carbons (Fsp3) is 0.385. The molecule has 0 saturated carbocycles. The number of benzene rings is 1. The zero-order chi connectivity index (χ0) is 11.5. The second kappa shape index (κ2) is 4.92. The lowest BCUT2D eigenvalue weighted by molar-refractivity contribution is 0.667. The van der Waals surface area contributed by atoms with Gasteiger partial charge in [-0.05, 0) is 42.5 Å². The van der Waals surface area contributed by atoms with E-state index < -0.39 is 0 Å². The van der Waals surface area contributed by atoms with Gasteiger partial charge in [0.05, 0.1) is 11.0 Å². The van der Waals surface area contributed by atoms with Gasteiger partial charge >= 0.3 is 0 Å². The summed E-state index contributed by atoms with van der Waals surface area (Å²) in [5, 5.41) is 3.59. The van der Waals surface area contributed by atoms with Gasteiger partial charge in [-0.1, -0.05) is 0 Å². The van der Waals surface area contributed by atoms with Crippen LogP contribution in [-0.2, 0) is 0 Å². The molecular weight excluding hydrogens is 230 g/mol. The highest BCUT2D eigenvalue weighted by Gasteiger charge is 2.13. The van der Waals surface area contributed by atoms with Crippen LogP contribution in [0, 0.1) is 0 Å². The average molecular weight is 245 g/mol. The summed E-state index contributed by atoms with van der Waals surface area (Å²) in [4.78, 5) is 8.60. The van der Waals surface area contributed by atoms with Gasteiger partial charge in [0.2, 0.25) is 0 Å². The van der Waals surface area contributed by atoms with E-state index in [2.05, 4.69) is 27.4 Å². The van der Waals surface area contributed by atoms with E-state index in [4.69, 9.17) is 0 Å². The van der Waals surface area contributed by atoms with Gasteiger partial charge in [-0.2, -0.15) is 11.8 Å². The third-order valence-electron chi connectivity index (χ3n) is 3.06. The molecule has 17 heavy (non-hydrogen) atoms. The number of hydrogen-bond donors (Lipinski definition) is 1. The molecule has 0 unspecified atom stereocenters. The van der Waals surface area contributed by atoms with Crippen molar-refractivity contribution in [3.8, 4) is 0 Å². The average Bonchev–Trinajstić information content (AvgIpc) is 2.40. The van der Waals surface area contributed by atoms with Crippen molar-refractivity contribution in [1.29, 1.82) is 0 Å². The molecule has 0 amide bonds. The van der Waals surface area contributed by atoms with Gasteiger partial charge in [0.1, 0.15) is 0 Å². The third-order valence-corrected chi connectivity index (χ3v) is 4.11. The number of rotatable bonds is 2. The molecule has 2 aromatic rings. The van der Waals surface area contributed by atoms with Crippen LogP contribution in [0.3, 0.4) is 0 Å². The monoisotopic (exact) mass is 245 g/mol. The minimum absolute atomic E-state index is 0.616. The molecule has 88 valence electrons. The summed E-state index contributed by atoms with van der Waals surface area (Å²) in [6.07, 6.45) is 5.98. The molecule has 0 aliphatic carbocycles. The molecule has 0 radical (unpaired) electrons.